The Labute approximate surface area is 145 Å². The second-order valence-electron chi connectivity index (χ2n) is 8.72. The summed E-state index contributed by atoms with van der Waals surface area (Å²) in [7, 11) is 3.98. The summed E-state index contributed by atoms with van der Waals surface area (Å²) in [6.45, 7) is 9.89. The van der Waals surface area contributed by atoms with E-state index in [0.29, 0.717) is 12.0 Å². The van der Waals surface area contributed by atoms with Crippen LogP contribution in [-0.4, -0.2) is 42.9 Å². The van der Waals surface area contributed by atoms with E-state index in [1.807, 2.05) is 0 Å². The van der Waals surface area contributed by atoms with E-state index < -0.39 is 6.10 Å². The summed E-state index contributed by atoms with van der Waals surface area (Å²) >= 11 is 0. The Bertz CT molecular complexity index is 695. The number of piperidine rings is 1. The molecule has 1 aromatic carbocycles. The van der Waals surface area contributed by atoms with E-state index in [1.165, 1.54) is 11.1 Å². The summed E-state index contributed by atoms with van der Waals surface area (Å²) in [6, 6.07) is 7.03. The van der Waals surface area contributed by atoms with Crippen LogP contribution in [0.25, 0.3) is 0 Å². The van der Waals surface area contributed by atoms with Crippen molar-refractivity contribution in [3.63, 3.8) is 0 Å². The molecule has 0 aromatic heterocycles. The molecule has 1 N–H and O–H groups in total. The quantitative estimate of drug-likeness (QED) is 0.804. The van der Waals surface area contributed by atoms with E-state index in [4.69, 9.17) is 4.74 Å². The van der Waals surface area contributed by atoms with Gasteiger partial charge in [-0.2, -0.15) is 0 Å². The average Bonchev–Trinajstić information content (AvgIpc) is 2.56. The number of ether oxygens (including phenoxy) is 1. The lowest BCUT2D eigenvalue weighted by molar-refractivity contribution is -0.0569. The van der Waals surface area contributed by atoms with Gasteiger partial charge in [0.1, 0.15) is 5.75 Å². The Hall–Kier alpha value is -1.32. The Kier molecular flexibility index (Phi) is 3.43. The van der Waals surface area contributed by atoms with Gasteiger partial charge in [0.2, 0.25) is 0 Å². The molecule has 1 saturated carbocycles. The summed E-state index contributed by atoms with van der Waals surface area (Å²) in [5, 5.41) is 11.0. The van der Waals surface area contributed by atoms with Gasteiger partial charge in [-0.15, -0.1) is 0 Å². The van der Waals surface area contributed by atoms with Gasteiger partial charge in [-0.05, 0) is 73.0 Å². The van der Waals surface area contributed by atoms with Gasteiger partial charge in [-0.1, -0.05) is 26.5 Å². The Morgan fingerprint density at radius 2 is 2.08 bits per heavy atom. The largest absolute Gasteiger partial charge is 0.497 e. The Morgan fingerprint density at radius 3 is 2.79 bits per heavy atom. The zero-order chi connectivity index (χ0) is 17.3. The van der Waals surface area contributed by atoms with Crippen molar-refractivity contribution in [2.45, 2.75) is 50.7 Å². The number of rotatable bonds is 1. The lowest BCUT2D eigenvalue weighted by Crippen LogP contribution is -2.65. The highest BCUT2D eigenvalue weighted by Gasteiger charge is 2.60. The van der Waals surface area contributed by atoms with Crippen LogP contribution in [0.4, 0.5) is 0 Å². The number of aliphatic hydroxyl groups is 1. The number of likely N-dealkylation sites (N-methyl/N-ethyl adjacent to an activating group) is 1. The predicted octanol–water partition coefficient (Wildman–Crippen LogP) is 3.16. The number of benzene rings is 1. The van der Waals surface area contributed by atoms with E-state index in [0.717, 1.165) is 37.1 Å². The van der Waals surface area contributed by atoms with Crippen LogP contribution in [0.3, 0.4) is 0 Å². The van der Waals surface area contributed by atoms with Crippen LogP contribution in [0.1, 0.15) is 37.8 Å². The fourth-order valence-corrected chi connectivity index (χ4v) is 5.75. The van der Waals surface area contributed by atoms with Crippen molar-refractivity contribution >= 4 is 0 Å². The van der Waals surface area contributed by atoms with Crippen LogP contribution in [0.2, 0.25) is 0 Å². The molecule has 3 heteroatoms. The fourth-order valence-electron chi connectivity index (χ4n) is 5.75. The number of hydrogen-bond donors (Lipinski definition) is 1. The minimum atomic E-state index is -0.449. The number of fused-ring (bicyclic) bond motifs is 1. The molecule has 0 radical (unpaired) electrons. The molecule has 1 aliphatic heterocycles. The standard InChI is InChI=1S/C21H29NO2/c1-13-19(23)20(2,3)12-17-18-10-14-6-7-15(24-5)11-16(14)21(13,17)8-9-22(18)4/h6-7,11,17-19,23H,1,8-10,12H2,2-5H3/t17?,18?,19-,21?/m0/s1. The van der Waals surface area contributed by atoms with E-state index >= 15 is 0 Å². The molecule has 3 aliphatic rings. The molecule has 3 nitrogen and oxygen atoms in total. The number of methoxy groups -OCH3 is 1. The van der Waals surface area contributed by atoms with Gasteiger partial charge in [0, 0.05) is 11.5 Å². The summed E-state index contributed by atoms with van der Waals surface area (Å²) < 4.78 is 5.52. The molecule has 1 saturated heterocycles. The SMILES string of the molecule is C=C1[C@H](O)C(C)(C)CC2C3Cc4ccc(OC)cc4C12CCN3C. The number of nitrogens with zero attached hydrogens (tertiary/aromatic N) is 1. The first-order valence-electron chi connectivity index (χ1n) is 9.06. The summed E-state index contributed by atoms with van der Waals surface area (Å²) in [4.78, 5) is 2.52. The van der Waals surface area contributed by atoms with E-state index in [-0.39, 0.29) is 10.8 Å². The Balaban J connectivity index is 1.95. The third-order valence-electron chi connectivity index (χ3n) is 7.14. The fraction of sp³-hybridized carbons (Fsp3) is 0.619. The first kappa shape index (κ1) is 16.2. The van der Waals surface area contributed by atoms with Crippen LogP contribution < -0.4 is 4.74 Å². The number of hydrogen-bond acceptors (Lipinski definition) is 3. The molecule has 1 heterocycles. The minimum Gasteiger partial charge on any atom is -0.497 e. The van der Waals surface area contributed by atoms with Crippen LogP contribution in [0.5, 0.6) is 5.75 Å². The molecule has 3 unspecified atom stereocenters. The molecular weight excluding hydrogens is 298 g/mol. The van der Waals surface area contributed by atoms with Crippen LogP contribution in [0, 0.1) is 11.3 Å². The smallest absolute Gasteiger partial charge is 0.119 e. The molecule has 1 aromatic rings. The van der Waals surface area contributed by atoms with E-state index in [9.17, 15) is 5.11 Å². The highest BCUT2D eigenvalue weighted by Crippen LogP contribution is 2.61. The van der Waals surface area contributed by atoms with Gasteiger partial charge in [-0.25, -0.2) is 0 Å². The van der Waals surface area contributed by atoms with Crippen molar-refractivity contribution in [1.29, 1.82) is 0 Å². The van der Waals surface area contributed by atoms with Crippen LogP contribution in [0.15, 0.2) is 30.4 Å². The number of aliphatic hydroxyl groups excluding tert-OH is 1. The molecule has 130 valence electrons. The maximum absolute atomic E-state index is 11.0. The lowest BCUT2D eigenvalue weighted by atomic mass is 9.46. The van der Waals surface area contributed by atoms with Crippen LogP contribution in [-0.2, 0) is 11.8 Å². The second-order valence-corrected chi connectivity index (χ2v) is 8.72. The zero-order valence-electron chi connectivity index (χ0n) is 15.3. The van der Waals surface area contributed by atoms with Gasteiger partial charge in [0.15, 0.2) is 0 Å². The maximum atomic E-state index is 11.0. The van der Waals surface area contributed by atoms with Crippen molar-refractivity contribution in [2.75, 3.05) is 20.7 Å². The summed E-state index contributed by atoms with van der Waals surface area (Å²) in [5.74, 6) is 1.42. The van der Waals surface area contributed by atoms with Crippen molar-refractivity contribution < 1.29 is 9.84 Å². The highest BCUT2D eigenvalue weighted by atomic mass is 16.5. The minimum absolute atomic E-state index is 0.103. The van der Waals surface area contributed by atoms with Gasteiger partial charge in [0.25, 0.3) is 0 Å². The normalized spacial score (nSPS) is 37.5. The summed E-state index contributed by atoms with van der Waals surface area (Å²) in [5.41, 5.74) is 3.56. The topological polar surface area (TPSA) is 32.7 Å². The second kappa shape index (κ2) is 5.09. The van der Waals surface area contributed by atoms with Crippen molar-refractivity contribution in [3.05, 3.63) is 41.5 Å². The molecule has 4 atom stereocenters. The first-order chi connectivity index (χ1) is 11.3. The molecular formula is C21H29NO2. The van der Waals surface area contributed by atoms with Gasteiger partial charge in [0.05, 0.1) is 13.2 Å². The first-order valence-corrected chi connectivity index (χ1v) is 9.06. The average molecular weight is 327 g/mol. The van der Waals surface area contributed by atoms with Crippen LogP contribution >= 0.6 is 0 Å². The highest BCUT2D eigenvalue weighted by molar-refractivity contribution is 5.52. The van der Waals surface area contributed by atoms with Gasteiger partial charge >= 0.3 is 0 Å². The van der Waals surface area contributed by atoms with Gasteiger partial charge in [-0.3, -0.25) is 0 Å². The van der Waals surface area contributed by atoms with Crippen molar-refractivity contribution in [1.82, 2.24) is 4.90 Å². The molecule has 4 rings (SSSR count). The summed E-state index contributed by atoms with van der Waals surface area (Å²) in [6.07, 6.45) is 2.71. The molecule has 0 spiro atoms. The van der Waals surface area contributed by atoms with E-state index in [1.54, 1.807) is 7.11 Å². The molecule has 0 amide bonds. The molecule has 2 bridgehead atoms. The zero-order valence-corrected chi connectivity index (χ0v) is 15.3. The van der Waals surface area contributed by atoms with Gasteiger partial charge < -0.3 is 14.7 Å². The van der Waals surface area contributed by atoms with Crippen molar-refractivity contribution in [3.8, 4) is 5.75 Å². The predicted molar refractivity (Wildman–Crippen MR) is 96.4 cm³/mol. The molecule has 24 heavy (non-hydrogen) atoms. The molecule has 2 aliphatic carbocycles. The monoisotopic (exact) mass is 327 g/mol. The Morgan fingerprint density at radius 1 is 1.33 bits per heavy atom. The lowest BCUT2D eigenvalue weighted by Gasteiger charge is -2.63. The number of likely N-dealkylation sites (tertiary alicyclic amines) is 1. The third-order valence-corrected chi connectivity index (χ3v) is 7.14. The van der Waals surface area contributed by atoms with E-state index in [2.05, 4.69) is 50.6 Å². The molecule has 2 fully saturated rings. The maximum Gasteiger partial charge on any atom is 0.119 e. The third kappa shape index (κ3) is 1.91. The van der Waals surface area contributed by atoms with Crippen molar-refractivity contribution in [2.24, 2.45) is 11.3 Å².